The second-order valence-corrected chi connectivity index (χ2v) is 10.4. The number of carbonyl (C=O) groups excluding carboxylic acids is 1. The monoisotopic (exact) mass is 476 g/mol. The molecule has 3 rings (SSSR count). The molecule has 0 fully saturated rings. The van der Waals surface area contributed by atoms with Gasteiger partial charge in [-0.1, -0.05) is 25.1 Å². The van der Waals surface area contributed by atoms with Crippen LogP contribution in [0.2, 0.25) is 0 Å². The van der Waals surface area contributed by atoms with E-state index in [0.717, 1.165) is 11.1 Å². The zero-order chi connectivity index (χ0) is 24.3. The van der Waals surface area contributed by atoms with E-state index >= 15 is 0 Å². The van der Waals surface area contributed by atoms with E-state index in [1.807, 2.05) is 31.2 Å². The number of nitrogens with zero attached hydrogens (tertiary/aromatic N) is 2. The van der Waals surface area contributed by atoms with Gasteiger partial charge in [-0.25, -0.2) is 8.42 Å². The maximum absolute atomic E-state index is 13.6. The van der Waals surface area contributed by atoms with Crippen molar-refractivity contribution < 1.29 is 27.8 Å². The lowest BCUT2D eigenvalue weighted by atomic mass is 10.0. The molecule has 1 amide bonds. The van der Waals surface area contributed by atoms with Crippen LogP contribution in [0.4, 0.5) is 0 Å². The minimum Gasteiger partial charge on any atom is -0.497 e. The number of rotatable bonds is 6. The number of aliphatic hydroxyl groups is 1. The van der Waals surface area contributed by atoms with Crippen molar-refractivity contribution in [2.75, 3.05) is 33.9 Å². The molecule has 2 aromatic carbocycles. The van der Waals surface area contributed by atoms with Crippen molar-refractivity contribution in [1.29, 1.82) is 0 Å². The summed E-state index contributed by atoms with van der Waals surface area (Å²) in [5.74, 6) is 0.569. The van der Waals surface area contributed by atoms with Crippen LogP contribution in [0, 0.1) is 5.92 Å². The second-order valence-electron chi connectivity index (χ2n) is 8.53. The number of ether oxygens (including phenoxy) is 2. The first-order valence-electron chi connectivity index (χ1n) is 10.9. The van der Waals surface area contributed by atoms with Crippen LogP contribution in [0.15, 0.2) is 47.4 Å². The van der Waals surface area contributed by atoms with Gasteiger partial charge >= 0.3 is 0 Å². The molecular formula is C24H32N2O6S. The number of likely N-dealkylation sites (N-methyl/N-ethyl adjacent to an activating group) is 1. The minimum absolute atomic E-state index is 0.0387. The number of carbonyl (C=O) groups is 1. The van der Waals surface area contributed by atoms with Gasteiger partial charge in [0, 0.05) is 32.5 Å². The Hall–Kier alpha value is -2.62. The van der Waals surface area contributed by atoms with Crippen molar-refractivity contribution in [3.8, 4) is 22.6 Å². The summed E-state index contributed by atoms with van der Waals surface area (Å²) in [5.41, 5.74) is 1.63. The third-order valence-electron chi connectivity index (χ3n) is 6.06. The molecule has 8 nitrogen and oxygen atoms in total. The molecule has 1 aliphatic heterocycles. The van der Waals surface area contributed by atoms with E-state index in [1.54, 1.807) is 38.1 Å². The highest BCUT2D eigenvalue weighted by Crippen LogP contribution is 2.37. The normalized spacial score (nSPS) is 21.2. The van der Waals surface area contributed by atoms with E-state index in [4.69, 9.17) is 9.47 Å². The van der Waals surface area contributed by atoms with Crippen molar-refractivity contribution in [1.82, 2.24) is 9.21 Å². The lowest BCUT2D eigenvalue weighted by Crippen LogP contribution is -2.50. The molecule has 0 aromatic heterocycles. The van der Waals surface area contributed by atoms with Crippen LogP contribution in [-0.2, 0) is 14.8 Å². The average molecular weight is 477 g/mol. The van der Waals surface area contributed by atoms with Crippen LogP contribution in [0.1, 0.15) is 20.8 Å². The van der Waals surface area contributed by atoms with E-state index < -0.39 is 22.2 Å². The standard InChI is InChI=1S/C24H32N2O6S/c1-16-13-26(17(2)15-27)33(29,30)24-10-9-20(19-7-6-8-21(11-19)31-5)12-22(24)32-23(16)14-25(4)18(3)28/h6-12,16-17,23,27H,13-15H2,1-5H3/t16-,17+,23+/m1/s1. The van der Waals surface area contributed by atoms with Crippen molar-refractivity contribution >= 4 is 15.9 Å². The molecule has 1 N–H and O–H groups in total. The molecule has 0 radical (unpaired) electrons. The van der Waals surface area contributed by atoms with E-state index in [-0.39, 0.29) is 35.6 Å². The molecule has 0 aliphatic carbocycles. The summed E-state index contributed by atoms with van der Waals surface area (Å²) in [5, 5.41) is 9.74. The van der Waals surface area contributed by atoms with Gasteiger partial charge in [-0.15, -0.1) is 0 Å². The number of hydrogen-bond donors (Lipinski definition) is 1. The molecule has 3 atom stereocenters. The number of hydrogen-bond acceptors (Lipinski definition) is 6. The lowest BCUT2D eigenvalue weighted by molar-refractivity contribution is -0.129. The maximum atomic E-state index is 13.6. The van der Waals surface area contributed by atoms with Gasteiger partial charge in [0.05, 0.1) is 20.3 Å². The fraction of sp³-hybridized carbons (Fsp3) is 0.458. The van der Waals surface area contributed by atoms with Crippen LogP contribution in [0.5, 0.6) is 11.5 Å². The SMILES string of the molecule is COc1cccc(-c2ccc3c(c2)O[C@@H](CN(C)C(C)=O)[C@H](C)CN([C@@H](C)CO)S3(=O)=O)c1. The first kappa shape index (κ1) is 25.0. The van der Waals surface area contributed by atoms with E-state index in [0.29, 0.717) is 12.3 Å². The van der Waals surface area contributed by atoms with Gasteiger partial charge in [0.2, 0.25) is 15.9 Å². The number of aliphatic hydroxyl groups excluding tert-OH is 1. The zero-order valence-corrected chi connectivity index (χ0v) is 20.5. The van der Waals surface area contributed by atoms with Crippen molar-refractivity contribution in [3.05, 3.63) is 42.5 Å². The third-order valence-corrected chi connectivity index (χ3v) is 8.08. The molecule has 0 unspecified atom stereocenters. The average Bonchev–Trinajstić information content (AvgIpc) is 2.80. The topological polar surface area (TPSA) is 96.4 Å². The van der Waals surface area contributed by atoms with Crippen molar-refractivity contribution in [2.24, 2.45) is 5.92 Å². The number of amides is 1. The summed E-state index contributed by atoms with van der Waals surface area (Å²) in [6, 6.07) is 11.8. The molecule has 1 aliphatic rings. The summed E-state index contributed by atoms with van der Waals surface area (Å²) in [6.45, 7) is 5.21. The van der Waals surface area contributed by atoms with Crippen molar-refractivity contribution in [3.63, 3.8) is 0 Å². The number of benzene rings is 2. The summed E-state index contributed by atoms with van der Waals surface area (Å²) in [4.78, 5) is 13.5. The smallest absolute Gasteiger partial charge is 0.247 e. The highest BCUT2D eigenvalue weighted by atomic mass is 32.2. The summed E-state index contributed by atoms with van der Waals surface area (Å²) in [6.07, 6.45) is -0.442. The quantitative estimate of drug-likeness (QED) is 0.689. The van der Waals surface area contributed by atoms with Gasteiger partial charge in [0.1, 0.15) is 22.5 Å². The Morgan fingerprint density at radius 1 is 1.27 bits per heavy atom. The van der Waals surface area contributed by atoms with Gasteiger partial charge in [-0.2, -0.15) is 4.31 Å². The summed E-state index contributed by atoms with van der Waals surface area (Å²) >= 11 is 0. The molecular weight excluding hydrogens is 444 g/mol. The van der Waals surface area contributed by atoms with Crippen LogP contribution in [0.3, 0.4) is 0 Å². The highest BCUT2D eigenvalue weighted by molar-refractivity contribution is 7.89. The van der Waals surface area contributed by atoms with E-state index in [2.05, 4.69) is 0 Å². The maximum Gasteiger partial charge on any atom is 0.247 e. The summed E-state index contributed by atoms with van der Waals surface area (Å²) in [7, 11) is -0.647. The first-order valence-corrected chi connectivity index (χ1v) is 12.3. The van der Waals surface area contributed by atoms with E-state index in [1.165, 1.54) is 17.3 Å². The van der Waals surface area contributed by atoms with Crippen LogP contribution in [0.25, 0.3) is 11.1 Å². The Bertz CT molecular complexity index is 1100. The molecule has 0 saturated carbocycles. The third kappa shape index (κ3) is 5.31. The van der Waals surface area contributed by atoms with Crippen LogP contribution < -0.4 is 9.47 Å². The lowest BCUT2D eigenvalue weighted by Gasteiger charge is -2.37. The Morgan fingerprint density at radius 3 is 2.61 bits per heavy atom. The Morgan fingerprint density at radius 2 is 1.97 bits per heavy atom. The predicted octanol–water partition coefficient (Wildman–Crippen LogP) is 2.61. The van der Waals surface area contributed by atoms with E-state index in [9.17, 15) is 18.3 Å². The fourth-order valence-corrected chi connectivity index (χ4v) is 5.65. The van der Waals surface area contributed by atoms with Gasteiger partial charge in [-0.3, -0.25) is 4.79 Å². The highest BCUT2D eigenvalue weighted by Gasteiger charge is 2.38. The van der Waals surface area contributed by atoms with Crippen LogP contribution in [-0.4, -0.2) is 74.6 Å². The minimum atomic E-state index is -3.92. The Kier molecular flexibility index (Phi) is 7.66. The molecule has 33 heavy (non-hydrogen) atoms. The largest absolute Gasteiger partial charge is 0.497 e. The van der Waals surface area contributed by atoms with Gasteiger partial charge in [-0.05, 0) is 42.3 Å². The molecule has 180 valence electrons. The molecule has 0 saturated heterocycles. The van der Waals surface area contributed by atoms with Gasteiger partial charge < -0.3 is 19.5 Å². The summed E-state index contributed by atoms with van der Waals surface area (Å²) < 4.78 is 40.0. The molecule has 9 heteroatoms. The molecule has 0 spiro atoms. The van der Waals surface area contributed by atoms with Crippen LogP contribution >= 0.6 is 0 Å². The Labute approximate surface area is 195 Å². The number of fused-ring (bicyclic) bond motifs is 1. The number of sulfonamides is 1. The fourth-order valence-electron chi connectivity index (χ4n) is 3.82. The molecule has 0 bridgehead atoms. The van der Waals surface area contributed by atoms with Crippen molar-refractivity contribution in [2.45, 2.75) is 37.8 Å². The molecule has 2 aromatic rings. The first-order chi connectivity index (χ1) is 15.6. The zero-order valence-electron chi connectivity index (χ0n) is 19.7. The Balaban J connectivity index is 2.14. The molecule has 1 heterocycles. The number of methoxy groups -OCH3 is 1. The predicted molar refractivity (Wildman–Crippen MR) is 126 cm³/mol. The van der Waals surface area contributed by atoms with Gasteiger partial charge in [0.15, 0.2) is 0 Å². The second kappa shape index (κ2) is 10.1. The van der Waals surface area contributed by atoms with Gasteiger partial charge in [0.25, 0.3) is 0 Å².